The zero-order valence-electron chi connectivity index (χ0n) is 13.3. The van der Waals surface area contributed by atoms with E-state index < -0.39 is 28.5 Å². The van der Waals surface area contributed by atoms with Gasteiger partial charge in [-0.1, -0.05) is 11.6 Å². The summed E-state index contributed by atoms with van der Waals surface area (Å²) in [6.45, 7) is -0.311. The van der Waals surface area contributed by atoms with E-state index in [0.717, 1.165) is 0 Å². The van der Waals surface area contributed by atoms with Crippen LogP contribution in [0.5, 0.6) is 0 Å². The normalized spacial score (nSPS) is 17.7. The summed E-state index contributed by atoms with van der Waals surface area (Å²) in [5.74, 6) is -0.894. The Balaban J connectivity index is 1.56. The first-order chi connectivity index (χ1) is 12.3. The van der Waals surface area contributed by atoms with E-state index in [-0.39, 0.29) is 29.5 Å². The fourth-order valence-corrected chi connectivity index (χ4v) is 3.25. The first-order valence-corrected chi connectivity index (χ1v) is 9.39. The number of sulfonamides is 1. The van der Waals surface area contributed by atoms with Gasteiger partial charge in [-0.25, -0.2) is 18.2 Å². The highest BCUT2D eigenvalue weighted by Gasteiger charge is 2.25. The number of amides is 1. The maximum Gasteiger partial charge on any atom is 0.340 e. The summed E-state index contributed by atoms with van der Waals surface area (Å²) in [4.78, 5) is 29.3. The lowest BCUT2D eigenvalue weighted by Crippen LogP contribution is -2.37. The molecule has 3 heterocycles. The van der Waals surface area contributed by atoms with Gasteiger partial charge in [0.25, 0.3) is 15.9 Å². The van der Waals surface area contributed by atoms with Gasteiger partial charge in [0.05, 0.1) is 16.3 Å². The highest BCUT2D eigenvalue weighted by atomic mass is 35.5. The molecule has 0 aromatic carbocycles. The Labute approximate surface area is 154 Å². The number of ether oxygens (including phenoxy) is 1. The van der Waals surface area contributed by atoms with E-state index in [1.54, 1.807) is 6.07 Å². The number of halogens is 1. The van der Waals surface area contributed by atoms with Crippen molar-refractivity contribution in [2.45, 2.75) is 0 Å². The molecule has 11 heteroatoms. The van der Waals surface area contributed by atoms with Crippen LogP contribution in [0.2, 0.25) is 5.02 Å². The molecule has 0 atom stereocenters. The van der Waals surface area contributed by atoms with Crippen molar-refractivity contribution >= 4 is 45.2 Å². The number of nitrogens with zero attached hydrogens (tertiary/aromatic N) is 3. The zero-order chi connectivity index (χ0) is 18.7. The van der Waals surface area contributed by atoms with Crippen LogP contribution in [0, 0.1) is 0 Å². The molecular weight excluding hydrogens is 384 g/mol. The van der Waals surface area contributed by atoms with E-state index in [9.17, 15) is 18.0 Å². The zero-order valence-corrected chi connectivity index (χ0v) is 14.8. The maximum atomic E-state index is 12.1. The second kappa shape index (κ2) is 7.26. The summed E-state index contributed by atoms with van der Waals surface area (Å²) in [7, 11) is -3.46. The number of carbonyl (C=O) groups is 2. The largest absolute Gasteiger partial charge is 0.452 e. The molecule has 3 rings (SSSR count). The molecule has 0 aliphatic carbocycles. The average molecular weight is 397 g/mol. The summed E-state index contributed by atoms with van der Waals surface area (Å²) in [5.41, 5.74) is 0.181. The lowest BCUT2D eigenvalue weighted by molar-refractivity contribution is -0.143. The smallest absolute Gasteiger partial charge is 0.340 e. The minimum Gasteiger partial charge on any atom is -0.452 e. The van der Waals surface area contributed by atoms with Crippen LogP contribution in [0.25, 0.3) is 0 Å². The molecule has 0 saturated heterocycles. The monoisotopic (exact) mass is 396 g/mol. The average Bonchev–Trinajstić information content (AvgIpc) is 2.60. The van der Waals surface area contributed by atoms with Gasteiger partial charge in [-0.3, -0.25) is 4.79 Å². The molecule has 1 amide bonds. The Bertz CT molecular complexity index is 937. The molecule has 0 spiro atoms. The van der Waals surface area contributed by atoms with E-state index in [0.29, 0.717) is 5.02 Å². The molecule has 26 heavy (non-hydrogen) atoms. The van der Waals surface area contributed by atoms with Gasteiger partial charge >= 0.3 is 5.97 Å². The van der Waals surface area contributed by atoms with Crippen molar-refractivity contribution in [1.29, 1.82) is 0 Å². The Hall–Kier alpha value is -2.72. The number of anilines is 1. The SMILES string of the molecule is O=C(COC(=O)C1=CN2CCS(=O)(=O)N=C2C=C1)Nc1ccc(Cl)cn1. The molecule has 2 aliphatic heterocycles. The van der Waals surface area contributed by atoms with Crippen molar-refractivity contribution in [2.75, 3.05) is 24.2 Å². The minimum atomic E-state index is -3.46. The van der Waals surface area contributed by atoms with E-state index in [4.69, 9.17) is 16.3 Å². The fourth-order valence-electron chi connectivity index (χ4n) is 2.16. The molecule has 0 bridgehead atoms. The van der Waals surface area contributed by atoms with Crippen LogP contribution < -0.4 is 5.32 Å². The van der Waals surface area contributed by atoms with Crippen LogP contribution in [0.1, 0.15) is 0 Å². The van der Waals surface area contributed by atoms with Gasteiger partial charge in [0.1, 0.15) is 11.7 Å². The summed E-state index contributed by atoms with van der Waals surface area (Å²) in [6.07, 6.45) is 5.61. The number of fused-ring (bicyclic) bond motifs is 1. The number of rotatable bonds is 4. The number of hydrogen-bond donors (Lipinski definition) is 1. The van der Waals surface area contributed by atoms with Crippen LogP contribution >= 0.6 is 11.6 Å². The molecule has 0 radical (unpaired) electrons. The molecule has 0 saturated carbocycles. The molecule has 1 aromatic rings. The molecule has 0 unspecified atom stereocenters. The summed E-state index contributed by atoms with van der Waals surface area (Å²) >= 11 is 5.70. The van der Waals surface area contributed by atoms with Crippen molar-refractivity contribution in [3.05, 3.63) is 47.3 Å². The first kappa shape index (κ1) is 18.1. The first-order valence-electron chi connectivity index (χ1n) is 7.40. The highest BCUT2D eigenvalue weighted by Crippen LogP contribution is 2.16. The number of hydrogen-bond acceptors (Lipinski definition) is 7. The Morgan fingerprint density at radius 2 is 2.12 bits per heavy atom. The van der Waals surface area contributed by atoms with Crippen molar-refractivity contribution in [1.82, 2.24) is 9.88 Å². The molecule has 0 fully saturated rings. The topological polar surface area (TPSA) is 118 Å². The van der Waals surface area contributed by atoms with Crippen molar-refractivity contribution in [3.8, 4) is 0 Å². The third kappa shape index (κ3) is 4.46. The van der Waals surface area contributed by atoms with E-state index in [1.807, 2.05) is 0 Å². The van der Waals surface area contributed by atoms with Crippen LogP contribution in [0.3, 0.4) is 0 Å². The predicted molar refractivity (Wildman–Crippen MR) is 94.0 cm³/mol. The van der Waals surface area contributed by atoms with Gasteiger partial charge in [0.2, 0.25) is 0 Å². The summed E-state index contributed by atoms with van der Waals surface area (Å²) in [6, 6.07) is 3.07. The second-order valence-corrected chi connectivity index (χ2v) is 7.52. The lowest BCUT2D eigenvalue weighted by atomic mass is 10.2. The third-order valence-electron chi connectivity index (χ3n) is 3.39. The standard InChI is InChI=1S/C15H13ClN4O5S/c16-11-2-3-12(17-7-11)18-14(21)9-25-15(22)10-1-4-13-19-26(23,24)6-5-20(13)8-10/h1-4,7-8H,5-6,9H2,(H,17,18,21). The van der Waals surface area contributed by atoms with E-state index in [2.05, 4.69) is 14.7 Å². The lowest BCUT2D eigenvalue weighted by Gasteiger charge is -2.26. The van der Waals surface area contributed by atoms with E-state index >= 15 is 0 Å². The summed E-state index contributed by atoms with van der Waals surface area (Å²) < 4.78 is 31.5. The van der Waals surface area contributed by atoms with Gasteiger partial charge in [-0.05, 0) is 24.3 Å². The maximum absolute atomic E-state index is 12.1. The quantitative estimate of drug-likeness (QED) is 0.744. The predicted octanol–water partition coefficient (Wildman–Crippen LogP) is 0.714. The van der Waals surface area contributed by atoms with Gasteiger partial charge < -0.3 is 15.0 Å². The number of pyridine rings is 1. The molecular formula is C15H13ClN4O5S. The number of carbonyl (C=O) groups excluding carboxylic acids is 2. The number of aromatic nitrogens is 1. The minimum absolute atomic E-state index is 0.139. The van der Waals surface area contributed by atoms with Gasteiger partial charge in [0.15, 0.2) is 6.61 Å². The fraction of sp³-hybridized carbons (Fsp3) is 0.200. The summed E-state index contributed by atoms with van der Waals surface area (Å²) in [5, 5.41) is 2.89. The molecule has 1 aromatic heterocycles. The molecule has 9 nitrogen and oxygen atoms in total. The second-order valence-electron chi connectivity index (χ2n) is 5.33. The van der Waals surface area contributed by atoms with Gasteiger partial charge in [0, 0.05) is 18.9 Å². The Morgan fingerprint density at radius 1 is 1.31 bits per heavy atom. The van der Waals surface area contributed by atoms with Crippen LogP contribution in [0.4, 0.5) is 5.82 Å². The third-order valence-corrected chi connectivity index (χ3v) is 4.78. The Kier molecular flexibility index (Phi) is 5.05. The number of esters is 1. The number of amidine groups is 1. The molecule has 2 aliphatic rings. The van der Waals surface area contributed by atoms with Crippen molar-refractivity contribution < 1.29 is 22.7 Å². The molecule has 136 valence electrons. The number of nitrogens with one attached hydrogen (secondary N) is 1. The van der Waals surface area contributed by atoms with E-state index in [1.165, 1.54) is 35.5 Å². The van der Waals surface area contributed by atoms with Crippen LogP contribution in [-0.2, 0) is 24.3 Å². The van der Waals surface area contributed by atoms with Crippen molar-refractivity contribution in [3.63, 3.8) is 0 Å². The van der Waals surface area contributed by atoms with Gasteiger partial charge in [-0.2, -0.15) is 0 Å². The van der Waals surface area contributed by atoms with Crippen LogP contribution in [-0.4, -0.2) is 54.9 Å². The van der Waals surface area contributed by atoms with Gasteiger partial charge in [-0.15, -0.1) is 4.40 Å². The molecule has 1 N–H and O–H groups in total. The highest BCUT2D eigenvalue weighted by molar-refractivity contribution is 7.90. The Morgan fingerprint density at radius 3 is 2.85 bits per heavy atom. The van der Waals surface area contributed by atoms with Crippen molar-refractivity contribution in [2.24, 2.45) is 4.40 Å². The van der Waals surface area contributed by atoms with Crippen LogP contribution in [0.15, 0.2) is 46.7 Å².